The molecule has 1 rings (SSSR count). The molecular formula is C12H18N. The van der Waals surface area contributed by atoms with Crippen molar-refractivity contribution in [1.29, 1.82) is 0 Å². The van der Waals surface area contributed by atoms with Crippen LogP contribution in [0.25, 0.3) is 0 Å². The molecule has 0 atom stereocenters. The van der Waals surface area contributed by atoms with Gasteiger partial charge in [0.25, 0.3) is 0 Å². The Morgan fingerprint density at radius 2 is 2.23 bits per heavy atom. The summed E-state index contributed by atoms with van der Waals surface area (Å²) in [6.45, 7) is 7.57. The first kappa shape index (κ1) is 10.3. The van der Waals surface area contributed by atoms with Crippen LogP contribution in [0.1, 0.15) is 32.8 Å². The van der Waals surface area contributed by atoms with Gasteiger partial charge in [-0.1, -0.05) is 25.1 Å². The summed E-state index contributed by atoms with van der Waals surface area (Å²) < 4.78 is 0. The first-order valence-corrected chi connectivity index (χ1v) is 4.84. The average molecular weight is 176 g/mol. The van der Waals surface area contributed by atoms with Gasteiger partial charge in [0.05, 0.1) is 0 Å². The van der Waals surface area contributed by atoms with Gasteiger partial charge >= 0.3 is 0 Å². The van der Waals surface area contributed by atoms with E-state index < -0.39 is 0 Å². The molecule has 0 aliphatic carbocycles. The lowest BCUT2D eigenvalue weighted by Gasteiger charge is -2.24. The van der Waals surface area contributed by atoms with Gasteiger partial charge < -0.3 is 5.32 Å². The molecule has 1 nitrogen and oxygen atoms in total. The fourth-order valence-electron chi connectivity index (χ4n) is 1.01. The molecule has 1 heteroatoms. The third-order valence-corrected chi connectivity index (χ3v) is 2.43. The van der Waals surface area contributed by atoms with Crippen LogP contribution in [0.5, 0.6) is 0 Å². The highest BCUT2D eigenvalue weighted by atomic mass is 14.9. The summed E-state index contributed by atoms with van der Waals surface area (Å²) >= 11 is 0. The number of rotatable bonds is 4. The number of benzene rings is 1. The SMILES string of the molecule is CCC(C)(C)NCc1c[c]ccc1. The van der Waals surface area contributed by atoms with Crippen molar-refractivity contribution in [1.82, 2.24) is 5.32 Å². The van der Waals surface area contributed by atoms with Crippen LogP contribution in [-0.4, -0.2) is 5.54 Å². The first-order valence-electron chi connectivity index (χ1n) is 4.84. The second kappa shape index (κ2) is 4.43. The van der Waals surface area contributed by atoms with Gasteiger partial charge in [-0.05, 0) is 38.0 Å². The van der Waals surface area contributed by atoms with E-state index in [1.165, 1.54) is 5.56 Å². The molecule has 0 aromatic heterocycles. The standard InChI is InChI=1S/C12H18N/c1-4-12(2,3)13-10-11-8-6-5-7-9-11/h5-6,8-9,13H,4,10H2,1-3H3. The monoisotopic (exact) mass is 176 g/mol. The summed E-state index contributed by atoms with van der Waals surface area (Å²) in [5.74, 6) is 0. The van der Waals surface area contributed by atoms with Gasteiger partial charge in [0.1, 0.15) is 0 Å². The molecule has 0 bridgehead atoms. The minimum atomic E-state index is 0.232. The number of hydrogen-bond donors (Lipinski definition) is 1. The normalized spacial score (nSPS) is 11.6. The fraction of sp³-hybridized carbons (Fsp3) is 0.500. The maximum Gasteiger partial charge on any atom is 0.0210 e. The quantitative estimate of drug-likeness (QED) is 0.744. The van der Waals surface area contributed by atoms with Crippen LogP contribution in [0.15, 0.2) is 24.3 Å². The van der Waals surface area contributed by atoms with E-state index in [1.54, 1.807) is 0 Å². The Morgan fingerprint density at radius 1 is 1.46 bits per heavy atom. The highest BCUT2D eigenvalue weighted by molar-refractivity contribution is 5.13. The minimum absolute atomic E-state index is 0.232. The molecule has 0 spiro atoms. The van der Waals surface area contributed by atoms with Crippen LogP contribution in [0.4, 0.5) is 0 Å². The van der Waals surface area contributed by atoms with Crippen molar-refractivity contribution >= 4 is 0 Å². The Kier molecular flexibility index (Phi) is 3.49. The molecule has 1 N–H and O–H groups in total. The lowest BCUT2D eigenvalue weighted by atomic mass is 10.0. The maximum absolute atomic E-state index is 3.50. The van der Waals surface area contributed by atoms with Crippen LogP contribution < -0.4 is 5.32 Å². The van der Waals surface area contributed by atoms with E-state index in [9.17, 15) is 0 Å². The molecule has 13 heavy (non-hydrogen) atoms. The molecule has 0 amide bonds. The van der Waals surface area contributed by atoms with Crippen molar-refractivity contribution in [2.45, 2.75) is 39.3 Å². The predicted molar refractivity (Wildman–Crippen MR) is 56.5 cm³/mol. The zero-order chi connectivity index (χ0) is 9.73. The largest absolute Gasteiger partial charge is 0.308 e. The summed E-state index contributed by atoms with van der Waals surface area (Å²) in [5.41, 5.74) is 1.53. The maximum atomic E-state index is 3.50. The molecule has 1 radical (unpaired) electrons. The van der Waals surface area contributed by atoms with Gasteiger partial charge in [-0.25, -0.2) is 0 Å². The highest BCUT2D eigenvalue weighted by Crippen LogP contribution is 2.08. The molecule has 71 valence electrons. The van der Waals surface area contributed by atoms with Gasteiger partial charge in [-0.15, -0.1) is 0 Å². The van der Waals surface area contributed by atoms with E-state index >= 15 is 0 Å². The topological polar surface area (TPSA) is 12.0 Å². The summed E-state index contributed by atoms with van der Waals surface area (Å²) in [6.07, 6.45) is 1.14. The molecule has 0 saturated carbocycles. The average Bonchev–Trinajstić information content (AvgIpc) is 2.17. The van der Waals surface area contributed by atoms with Crippen molar-refractivity contribution in [3.63, 3.8) is 0 Å². The fourth-order valence-corrected chi connectivity index (χ4v) is 1.01. The first-order chi connectivity index (χ1) is 6.14. The van der Waals surface area contributed by atoms with E-state index in [1.807, 2.05) is 18.2 Å². The summed E-state index contributed by atoms with van der Waals surface area (Å²) in [6, 6.07) is 11.2. The van der Waals surface area contributed by atoms with Crippen molar-refractivity contribution < 1.29 is 0 Å². The van der Waals surface area contributed by atoms with Gasteiger partial charge in [-0.2, -0.15) is 0 Å². The van der Waals surface area contributed by atoms with Crippen LogP contribution >= 0.6 is 0 Å². The Bertz CT molecular complexity index is 239. The minimum Gasteiger partial charge on any atom is -0.308 e. The molecule has 1 aromatic carbocycles. The molecule has 0 fully saturated rings. The zero-order valence-corrected chi connectivity index (χ0v) is 8.72. The second-order valence-corrected chi connectivity index (χ2v) is 4.00. The summed E-state index contributed by atoms with van der Waals surface area (Å²) in [4.78, 5) is 0. The van der Waals surface area contributed by atoms with E-state index in [2.05, 4.69) is 38.2 Å². The molecule has 0 heterocycles. The Morgan fingerprint density at radius 3 is 2.77 bits per heavy atom. The van der Waals surface area contributed by atoms with Crippen LogP contribution in [0, 0.1) is 6.07 Å². The lowest BCUT2D eigenvalue weighted by Crippen LogP contribution is -2.37. The molecule has 1 aromatic rings. The van der Waals surface area contributed by atoms with E-state index in [-0.39, 0.29) is 5.54 Å². The van der Waals surface area contributed by atoms with Crippen LogP contribution in [0.3, 0.4) is 0 Å². The molecular weight excluding hydrogens is 158 g/mol. The summed E-state index contributed by atoms with van der Waals surface area (Å²) in [7, 11) is 0. The van der Waals surface area contributed by atoms with Crippen molar-refractivity contribution in [3.8, 4) is 0 Å². The zero-order valence-electron chi connectivity index (χ0n) is 8.72. The third-order valence-electron chi connectivity index (χ3n) is 2.43. The molecule has 0 saturated heterocycles. The lowest BCUT2D eigenvalue weighted by molar-refractivity contribution is 0.374. The van der Waals surface area contributed by atoms with Crippen molar-refractivity contribution in [3.05, 3.63) is 35.9 Å². The summed E-state index contributed by atoms with van der Waals surface area (Å²) in [5, 5.41) is 3.50. The van der Waals surface area contributed by atoms with E-state index in [4.69, 9.17) is 0 Å². The smallest absolute Gasteiger partial charge is 0.0210 e. The molecule has 0 aliphatic rings. The Hall–Kier alpha value is -0.820. The van der Waals surface area contributed by atoms with Crippen LogP contribution in [-0.2, 0) is 6.54 Å². The van der Waals surface area contributed by atoms with Gasteiger partial charge in [-0.3, -0.25) is 0 Å². The Balaban J connectivity index is 2.44. The predicted octanol–water partition coefficient (Wildman–Crippen LogP) is 2.76. The Labute approximate surface area is 81.2 Å². The van der Waals surface area contributed by atoms with Gasteiger partial charge in [0.2, 0.25) is 0 Å². The third kappa shape index (κ3) is 3.60. The van der Waals surface area contributed by atoms with Gasteiger partial charge in [0.15, 0.2) is 0 Å². The van der Waals surface area contributed by atoms with Gasteiger partial charge in [0, 0.05) is 12.1 Å². The van der Waals surface area contributed by atoms with E-state index in [0.29, 0.717) is 0 Å². The molecule has 0 aliphatic heterocycles. The second-order valence-electron chi connectivity index (χ2n) is 4.00. The number of hydrogen-bond acceptors (Lipinski definition) is 1. The molecule has 0 unspecified atom stereocenters. The number of nitrogens with one attached hydrogen (secondary N) is 1. The van der Waals surface area contributed by atoms with Crippen molar-refractivity contribution in [2.75, 3.05) is 0 Å². The van der Waals surface area contributed by atoms with Crippen molar-refractivity contribution in [2.24, 2.45) is 0 Å². The van der Waals surface area contributed by atoms with Crippen LogP contribution in [0.2, 0.25) is 0 Å². The van der Waals surface area contributed by atoms with E-state index in [0.717, 1.165) is 13.0 Å². The highest BCUT2D eigenvalue weighted by Gasteiger charge is 2.12.